The van der Waals surface area contributed by atoms with E-state index in [0.29, 0.717) is 6.07 Å². The Hall–Kier alpha value is -4.46. The molecule has 0 bridgehead atoms. The number of alkyl halides is 9. The van der Waals surface area contributed by atoms with Gasteiger partial charge in [0.15, 0.2) is 0 Å². The fourth-order valence-electron chi connectivity index (χ4n) is 4.32. The summed E-state index contributed by atoms with van der Waals surface area (Å²) in [6.45, 7) is -1.31. The van der Waals surface area contributed by atoms with Crippen LogP contribution in [0.2, 0.25) is 0 Å². The highest BCUT2D eigenvalue weighted by Crippen LogP contribution is 2.37. The van der Waals surface area contributed by atoms with Crippen molar-refractivity contribution in [2.45, 2.75) is 31.3 Å². The Kier molecular flexibility index (Phi) is 9.33. The average Bonchev–Trinajstić information content (AvgIpc) is 2.92. The summed E-state index contributed by atoms with van der Waals surface area (Å²) >= 11 is 0. The molecule has 4 aromatic rings. The number of anilines is 1. The summed E-state index contributed by atoms with van der Waals surface area (Å²) in [5.41, 5.74) is -2.48. The molecule has 0 heterocycles. The van der Waals surface area contributed by atoms with E-state index < -0.39 is 60.6 Å². The van der Waals surface area contributed by atoms with Crippen LogP contribution in [0.1, 0.15) is 28.3 Å². The lowest BCUT2D eigenvalue weighted by molar-refractivity contribution is -0.274. The number of nitrogens with zero attached hydrogens (tertiary/aromatic N) is 1. The molecule has 4 nitrogen and oxygen atoms in total. The lowest BCUT2D eigenvalue weighted by Gasteiger charge is -2.34. The Morgan fingerprint density at radius 3 is 1.86 bits per heavy atom. The number of halogens is 10. The Balaban J connectivity index is 1.75. The van der Waals surface area contributed by atoms with Crippen molar-refractivity contribution < 1.29 is 58.5 Å². The van der Waals surface area contributed by atoms with E-state index in [1.54, 1.807) is 0 Å². The van der Waals surface area contributed by atoms with Crippen LogP contribution in [0.25, 0.3) is 0 Å². The Morgan fingerprint density at radius 1 is 0.659 bits per heavy atom. The van der Waals surface area contributed by atoms with E-state index in [2.05, 4.69) is 4.74 Å². The fourth-order valence-corrected chi connectivity index (χ4v) is 4.32. The molecule has 4 rings (SSSR count). The molecule has 0 spiro atoms. The molecule has 14 heteroatoms. The lowest BCUT2D eigenvalue weighted by Crippen LogP contribution is -2.31. The quantitative estimate of drug-likeness (QED) is 0.187. The topological polar surface area (TPSA) is 41.9 Å². The molecule has 1 atom stereocenters. The third-order valence-corrected chi connectivity index (χ3v) is 6.29. The molecule has 1 N–H and O–H groups in total. The molecular formula is C30H21F10NO3. The van der Waals surface area contributed by atoms with E-state index in [1.165, 1.54) is 47.4 Å². The average molecular weight is 633 g/mol. The van der Waals surface area contributed by atoms with Crippen LogP contribution in [0, 0.1) is 5.82 Å². The summed E-state index contributed by atoms with van der Waals surface area (Å²) < 4.78 is 142. The van der Waals surface area contributed by atoms with Crippen molar-refractivity contribution in [3.8, 4) is 17.2 Å². The second kappa shape index (κ2) is 12.6. The predicted octanol–water partition coefficient (Wildman–Crippen LogP) is 9.29. The van der Waals surface area contributed by atoms with Crippen LogP contribution in [0.15, 0.2) is 91.0 Å². The third-order valence-electron chi connectivity index (χ3n) is 6.29. The van der Waals surface area contributed by atoms with Crippen molar-refractivity contribution >= 4 is 5.69 Å². The zero-order chi connectivity index (χ0) is 32.3. The van der Waals surface area contributed by atoms with E-state index in [0.717, 1.165) is 36.4 Å². The number of hydrogen-bond donors (Lipinski definition) is 1. The van der Waals surface area contributed by atoms with E-state index in [-0.39, 0.29) is 34.4 Å². The van der Waals surface area contributed by atoms with E-state index in [4.69, 9.17) is 4.74 Å². The summed E-state index contributed by atoms with van der Waals surface area (Å²) in [6, 6.07) is 14.6. The maximum Gasteiger partial charge on any atom is 0.573 e. The summed E-state index contributed by atoms with van der Waals surface area (Å²) in [6.07, 6.45) is -14.5. The van der Waals surface area contributed by atoms with E-state index in [1.807, 2.05) is 0 Å². The molecule has 234 valence electrons. The number of ether oxygens (including phenoxy) is 2. The maximum absolute atomic E-state index is 14.9. The molecule has 0 fully saturated rings. The molecule has 4 aromatic carbocycles. The highest BCUT2D eigenvalue weighted by molar-refractivity contribution is 5.54. The van der Waals surface area contributed by atoms with Gasteiger partial charge in [0.25, 0.3) is 0 Å². The summed E-state index contributed by atoms with van der Waals surface area (Å²) in [4.78, 5) is 1.26. The molecule has 0 aliphatic rings. The highest BCUT2D eigenvalue weighted by Gasteiger charge is 2.34. The van der Waals surface area contributed by atoms with Crippen molar-refractivity contribution in [2.24, 2.45) is 0 Å². The molecule has 0 aromatic heterocycles. The van der Waals surface area contributed by atoms with Gasteiger partial charge >= 0.3 is 18.7 Å². The molecule has 0 radical (unpaired) electrons. The first-order valence-electron chi connectivity index (χ1n) is 12.6. The van der Waals surface area contributed by atoms with Gasteiger partial charge in [-0.05, 0) is 54.1 Å². The maximum atomic E-state index is 14.9. The van der Waals surface area contributed by atoms with Crippen molar-refractivity contribution in [3.05, 3.63) is 119 Å². The van der Waals surface area contributed by atoms with Crippen LogP contribution >= 0.6 is 0 Å². The normalized spacial score (nSPS) is 13.0. The van der Waals surface area contributed by atoms with E-state index >= 15 is 0 Å². The van der Waals surface area contributed by atoms with Gasteiger partial charge in [0.2, 0.25) is 0 Å². The van der Waals surface area contributed by atoms with Gasteiger partial charge in [-0.15, -0.1) is 13.2 Å². The second-order valence-electron chi connectivity index (χ2n) is 9.38. The van der Waals surface area contributed by atoms with Gasteiger partial charge in [0.05, 0.1) is 23.8 Å². The van der Waals surface area contributed by atoms with Crippen LogP contribution in [0.4, 0.5) is 49.6 Å². The predicted molar refractivity (Wildman–Crippen MR) is 138 cm³/mol. The lowest BCUT2D eigenvalue weighted by atomic mass is 10.0. The zero-order valence-corrected chi connectivity index (χ0v) is 22.1. The van der Waals surface area contributed by atoms with E-state index in [9.17, 15) is 49.0 Å². The second-order valence-corrected chi connectivity index (χ2v) is 9.38. The number of rotatable bonds is 9. The number of benzene rings is 4. The first-order chi connectivity index (χ1) is 20.5. The number of aliphatic hydroxyl groups excluding tert-OH is 1. The van der Waals surface area contributed by atoms with Crippen molar-refractivity contribution in [2.75, 3.05) is 11.5 Å². The Bertz CT molecular complexity index is 1580. The Labute approximate surface area is 243 Å². The molecule has 0 saturated heterocycles. The first kappa shape index (κ1) is 32.5. The van der Waals surface area contributed by atoms with Gasteiger partial charge in [0, 0.05) is 29.9 Å². The van der Waals surface area contributed by atoms with Crippen LogP contribution in [-0.4, -0.2) is 18.1 Å². The SMILES string of the molecule is OCC(c1cccc(C(F)(F)F)c1)N(Cc1ccc(C(F)(F)F)cc1F)c1cccc(Oc2cccc(OC(F)(F)F)c2)c1. The highest BCUT2D eigenvalue weighted by atomic mass is 19.4. The minimum Gasteiger partial charge on any atom is -0.457 e. The van der Waals surface area contributed by atoms with Gasteiger partial charge in [-0.3, -0.25) is 0 Å². The third kappa shape index (κ3) is 8.34. The van der Waals surface area contributed by atoms with Gasteiger partial charge in [-0.25, -0.2) is 4.39 Å². The van der Waals surface area contributed by atoms with Gasteiger partial charge in [-0.2, -0.15) is 26.3 Å². The smallest absolute Gasteiger partial charge is 0.457 e. The molecule has 0 amide bonds. The van der Waals surface area contributed by atoms with Crippen molar-refractivity contribution in [1.82, 2.24) is 0 Å². The van der Waals surface area contributed by atoms with Crippen LogP contribution in [-0.2, 0) is 18.9 Å². The standard InChI is InChI=1S/C30H21F10NO3/c31-26-13-21(29(35,36)37)11-10-19(26)16-41(27(17-42)18-4-1-5-20(12-18)28(32,33)34)22-6-2-7-23(14-22)43-24-8-3-9-25(15-24)44-30(38,39)40/h1-15,27,42H,16-17H2. The molecular weight excluding hydrogens is 612 g/mol. The summed E-state index contributed by atoms with van der Waals surface area (Å²) in [5.74, 6) is -1.89. The van der Waals surface area contributed by atoms with Crippen molar-refractivity contribution in [3.63, 3.8) is 0 Å². The molecule has 0 saturated carbocycles. The largest absolute Gasteiger partial charge is 0.573 e. The van der Waals surface area contributed by atoms with Crippen LogP contribution < -0.4 is 14.4 Å². The van der Waals surface area contributed by atoms with Crippen molar-refractivity contribution in [1.29, 1.82) is 0 Å². The summed E-state index contributed by atoms with van der Waals surface area (Å²) in [7, 11) is 0. The minimum absolute atomic E-state index is 0.0188. The number of aliphatic hydroxyl groups is 1. The zero-order valence-electron chi connectivity index (χ0n) is 22.1. The molecule has 0 aliphatic carbocycles. The minimum atomic E-state index is -4.96. The Morgan fingerprint density at radius 2 is 1.25 bits per heavy atom. The molecule has 44 heavy (non-hydrogen) atoms. The molecule has 0 aliphatic heterocycles. The first-order valence-corrected chi connectivity index (χ1v) is 12.6. The van der Waals surface area contributed by atoms with Crippen LogP contribution in [0.5, 0.6) is 17.2 Å². The molecule has 1 unspecified atom stereocenters. The van der Waals surface area contributed by atoms with Crippen LogP contribution in [0.3, 0.4) is 0 Å². The fraction of sp³-hybridized carbons (Fsp3) is 0.200. The summed E-state index contributed by atoms with van der Waals surface area (Å²) in [5, 5.41) is 10.3. The van der Waals surface area contributed by atoms with Gasteiger partial charge in [-0.1, -0.05) is 30.3 Å². The van der Waals surface area contributed by atoms with Gasteiger partial charge in [0.1, 0.15) is 23.1 Å². The van der Waals surface area contributed by atoms with Gasteiger partial charge < -0.3 is 19.5 Å². The number of hydrogen-bond acceptors (Lipinski definition) is 4. The monoisotopic (exact) mass is 633 g/mol.